The second-order valence-corrected chi connectivity index (χ2v) is 9.05. The average molecular weight is 401 g/mol. The molecule has 1 fully saturated rings. The number of thiophene rings is 1. The van der Waals surface area contributed by atoms with Crippen molar-refractivity contribution in [3.8, 4) is 0 Å². The van der Waals surface area contributed by atoms with Crippen LogP contribution in [0.3, 0.4) is 0 Å². The van der Waals surface area contributed by atoms with E-state index in [-0.39, 0.29) is 33.5 Å². The van der Waals surface area contributed by atoms with E-state index < -0.39 is 9.84 Å². The van der Waals surface area contributed by atoms with Gasteiger partial charge in [0.25, 0.3) is 5.91 Å². The second kappa shape index (κ2) is 8.31. The zero-order chi connectivity index (χ0) is 17.2. The van der Waals surface area contributed by atoms with Crippen LogP contribution in [-0.2, 0) is 9.84 Å². The van der Waals surface area contributed by atoms with Gasteiger partial charge < -0.3 is 10.2 Å². The third-order valence-electron chi connectivity index (χ3n) is 4.19. The lowest BCUT2D eigenvalue weighted by molar-refractivity contribution is 0.0742. The number of sulfone groups is 1. The molecule has 25 heavy (non-hydrogen) atoms. The minimum atomic E-state index is -3.56. The lowest BCUT2D eigenvalue weighted by atomic mass is 10.2. The molecule has 1 aromatic heterocycles. The Bertz CT molecular complexity index is 821. The minimum absolute atomic E-state index is 0. The zero-order valence-corrected chi connectivity index (χ0v) is 16.3. The standard InChI is InChI=1S/C17H20N2O3S2.ClH/c1-18-12-13-6-5-11-19(13)17(20)15-9-10-16(23-15)24(21,22)14-7-3-2-4-8-14;/h2-4,7-10,13,18H,5-6,11-12H2,1H3;1H. The number of carbonyl (C=O) groups is 1. The van der Waals surface area contributed by atoms with Crippen LogP contribution in [0.15, 0.2) is 51.6 Å². The summed E-state index contributed by atoms with van der Waals surface area (Å²) in [7, 11) is -1.69. The molecule has 136 valence electrons. The molecule has 1 atom stereocenters. The Balaban J connectivity index is 0.00000225. The third-order valence-corrected chi connectivity index (χ3v) is 7.52. The maximum absolute atomic E-state index is 12.7. The summed E-state index contributed by atoms with van der Waals surface area (Å²) in [6.07, 6.45) is 1.96. The van der Waals surface area contributed by atoms with E-state index in [1.54, 1.807) is 36.4 Å². The molecule has 1 saturated heterocycles. The van der Waals surface area contributed by atoms with Crippen LogP contribution in [0.25, 0.3) is 0 Å². The van der Waals surface area contributed by atoms with E-state index in [9.17, 15) is 13.2 Å². The van der Waals surface area contributed by atoms with Crippen molar-refractivity contribution in [3.63, 3.8) is 0 Å². The van der Waals surface area contributed by atoms with Crippen molar-refractivity contribution in [1.82, 2.24) is 10.2 Å². The van der Waals surface area contributed by atoms with Gasteiger partial charge in [0.15, 0.2) is 0 Å². The van der Waals surface area contributed by atoms with Gasteiger partial charge in [-0.15, -0.1) is 23.7 Å². The van der Waals surface area contributed by atoms with E-state index in [1.807, 2.05) is 11.9 Å². The van der Waals surface area contributed by atoms with E-state index in [0.29, 0.717) is 4.88 Å². The molecule has 0 aliphatic carbocycles. The molecule has 1 unspecified atom stereocenters. The van der Waals surface area contributed by atoms with Crippen molar-refractivity contribution in [2.24, 2.45) is 0 Å². The third kappa shape index (κ3) is 4.06. The predicted molar refractivity (Wildman–Crippen MR) is 101 cm³/mol. The van der Waals surface area contributed by atoms with Crippen LogP contribution in [0, 0.1) is 0 Å². The van der Waals surface area contributed by atoms with E-state index in [2.05, 4.69) is 5.32 Å². The number of likely N-dealkylation sites (tertiary alicyclic amines) is 1. The highest BCUT2D eigenvalue weighted by atomic mass is 35.5. The first-order valence-electron chi connectivity index (χ1n) is 7.89. The normalized spacial score (nSPS) is 17.3. The molecule has 1 aliphatic rings. The summed E-state index contributed by atoms with van der Waals surface area (Å²) in [4.78, 5) is 15.3. The van der Waals surface area contributed by atoms with Crippen molar-refractivity contribution in [1.29, 1.82) is 0 Å². The molecular formula is C17H21ClN2O3S2. The summed E-state index contributed by atoms with van der Waals surface area (Å²) in [6, 6.07) is 11.6. The number of benzene rings is 1. The maximum atomic E-state index is 12.7. The number of carbonyl (C=O) groups excluding carboxylic acids is 1. The number of hydrogen-bond acceptors (Lipinski definition) is 5. The van der Waals surface area contributed by atoms with Gasteiger partial charge in [0, 0.05) is 19.1 Å². The summed E-state index contributed by atoms with van der Waals surface area (Å²) in [5.74, 6) is -0.0766. The van der Waals surface area contributed by atoms with Crippen molar-refractivity contribution < 1.29 is 13.2 Å². The summed E-state index contributed by atoms with van der Waals surface area (Å²) in [5.41, 5.74) is 0. The minimum Gasteiger partial charge on any atom is -0.334 e. The zero-order valence-electron chi connectivity index (χ0n) is 13.8. The lowest BCUT2D eigenvalue weighted by Crippen LogP contribution is -2.40. The first-order valence-corrected chi connectivity index (χ1v) is 10.2. The molecule has 1 aromatic carbocycles. The highest BCUT2D eigenvalue weighted by molar-refractivity contribution is 7.93. The van der Waals surface area contributed by atoms with Crippen LogP contribution in [0.2, 0.25) is 0 Å². The molecule has 2 aromatic rings. The Morgan fingerprint density at radius 3 is 2.64 bits per heavy atom. The van der Waals surface area contributed by atoms with Crippen LogP contribution in [0.4, 0.5) is 0 Å². The highest BCUT2D eigenvalue weighted by Gasteiger charge is 2.30. The fourth-order valence-electron chi connectivity index (χ4n) is 2.99. The summed E-state index contributed by atoms with van der Waals surface area (Å²) < 4.78 is 25.5. The predicted octanol–water partition coefficient (Wildman–Crippen LogP) is 2.83. The fraction of sp³-hybridized carbons (Fsp3) is 0.353. The van der Waals surface area contributed by atoms with Gasteiger partial charge in [0.05, 0.1) is 9.77 Å². The van der Waals surface area contributed by atoms with Gasteiger partial charge in [-0.2, -0.15) is 0 Å². The Morgan fingerprint density at radius 2 is 1.96 bits per heavy atom. The first kappa shape index (κ1) is 19.9. The number of nitrogens with zero attached hydrogens (tertiary/aromatic N) is 1. The molecule has 5 nitrogen and oxygen atoms in total. The average Bonchev–Trinajstić information content (AvgIpc) is 3.25. The van der Waals surface area contributed by atoms with Crippen molar-refractivity contribution in [2.45, 2.75) is 28.0 Å². The number of nitrogens with one attached hydrogen (secondary N) is 1. The largest absolute Gasteiger partial charge is 0.334 e. The molecule has 0 spiro atoms. The SMILES string of the molecule is CNCC1CCCN1C(=O)c1ccc(S(=O)(=O)c2ccccc2)s1.Cl. The molecular weight excluding hydrogens is 380 g/mol. The van der Waals surface area contributed by atoms with Gasteiger partial charge in [0.1, 0.15) is 4.21 Å². The van der Waals surface area contributed by atoms with E-state index in [4.69, 9.17) is 0 Å². The smallest absolute Gasteiger partial charge is 0.264 e. The molecule has 1 aliphatic heterocycles. The fourth-order valence-corrected chi connectivity index (χ4v) is 5.67. The van der Waals surface area contributed by atoms with Crippen molar-refractivity contribution >= 4 is 39.5 Å². The Kier molecular flexibility index (Phi) is 6.62. The van der Waals surface area contributed by atoms with E-state index >= 15 is 0 Å². The molecule has 8 heteroatoms. The van der Waals surface area contributed by atoms with Crippen LogP contribution >= 0.6 is 23.7 Å². The van der Waals surface area contributed by atoms with Crippen LogP contribution in [0.5, 0.6) is 0 Å². The quantitative estimate of drug-likeness (QED) is 0.838. The molecule has 1 N–H and O–H groups in total. The molecule has 2 heterocycles. The van der Waals surface area contributed by atoms with Gasteiger partial charge in [-0.25, -0.2) is 8.42 Å². The molecule has 0 bridgehead atoms. The van der Waals surface area contributed by atoms with Crippen molar-refractivity contribution in [2.75, 3.05) is 20.1 Å². The van der Waals surface area contributed by atoms with Gasteiger partial charge in [-0.1, -0.05) is 18.2 Å². The van der Waals surface area contributed by atoms with Gasteiger partial charge in [0.2, 0.25) is 9.84 Å². The number of rotatable bonds is 5. The first-order chi connectivity index (χ1) is 11.5. The molecule has 0 radical (unpaired) electrons. The van der Waals surface area contributed by atoms with Crippen LogP contribution in [0.1, 0.15) is 22.5 Å². The van der Waals surface area contributed by atoms with Crippen LogP contribution < -0.4 is 5.32 Å². The topological polar surface area (TPSA) is 66.5 Å². The Labute approximate surface area is 158 Å². The van der Waals surface area contributed by atoms with Gasteiger partial charge >= 0.3 is 0 Å². The lowest BCUT2D eigenvalue weighted by Gasteiger charge is -2.23. The molecule has 1 amide bonds. The molecule has 0 saturated carbocycles. The second-order valence-electron chi connectivity index (χ2n) is 5.79. The van der Waals surface area contributed by atoms with E-state index in [1.165, 1.54) is 6.07 Å². The van der Waals surface area contributed by atoms with E-state index in [0.717, 1.165) is 37.3 Å². The molecule has 3 rings (SSSR count). The highest BCUT2D eigenvalue weighted by Crippen LogP contribution is 2.30. The maximum Gasteiger partial charge on any atom is 0.264 e. The number of likely N-dealkylation sites (N-methyl/N-ethyl adjacent to an activating group) is 1. The van der Waals surface area contributed by atoms with Gasteiger partial charge in [-0.3, -0.25) is 4.79 Å². The summed E-state index contributed by atoms with van der Waals surface area (Å²) in [5, 5.41) is 3.11. The number of amides is 1. The Hall–Kier alpha value is -1.41. The number of hydrogen-bond donors (Lipinski definition) is 1. The Morgan fingerprint density at radius 1 is 1.24 bits per heavy atom. The van der Waals surface area contributed by atoms with Gasteiger partial charge in [-0.05, 0) is 44.2 Å². The number of halogens is 1. The van der Waals surface area contributed by atoms with Crippen LogP contribution in [-0.4, -0.2) is 45.4 Å². The monoisotopic (exact) mass is 400 g/mol. The summed E-state index contributed by atoms with van der Waals surface area (Å²) >= 11 is 1.05. The summed E-state index contributed by atoms with van der Waals surface area (Å²) in [6.45, 7) is 1.48. The van der Waals surface area contributed by atoms with Crippen molar-refractivity contribution in [3.05, 3.63) is 47.3 Å².